The summed E-state index contributed by atoms with van der Waals surface area (Å²) >= 11 is 0. The molecule has 12 rings (SSSR count). The fourth-order valence-electron chi connectivity index (χ4n) is 16.5. The maximum atomic E-state index is 14.2. The van der Waals surface area contributed by atoms with E-state index in [-0.39, 0.29) is 11.8 Å². The van der Waals surface area contributed by atoms with Crippen LogP contribution < -0.4 is 0 Å². The van der Waals surface area contributed by atoms with Gasteiger partial charge in [0.15, 0.2) is 34.9 Å². The zero-order chi connectivity index (χ0) is 63.0. The molecule has 0 saturated heterocycles. The Balaban J connectivity index is 0.000000144. The predicted molar refractivity (Wildman–Crippen MR) is 359 cm³/mol. The molecule has 0 nitrogen and oxygen atoms in total. The van der Waals surface area contributed by atoms with Crippen LogP contribution in [-0.2, 0) is 0 Å². The molecule has 7 saturated carbocycles. The van der Waals surface area contributed by atoms with Gasteiger partial charge in [0, 0.05) is 5.56 Å². The van der Waals surface area contributed by atoms with Crippen molar-refractivity contribution in [1.29, 1.82) is 0 Å². The third kappa shape index (κ3) is 19.6. The molecule has 88 heavy (non-hydrogen) atoms. The van der Waals surface area contributed by atoms with Crippen molar-refractivity contribution in [1.82, 2.24) is 0 Å². The molecule has 5 aromatic carbocycles. The zero-order valence-electron chi connectivity index (χ0n) is 56.2. The first-order valence-electron chi connectivity index (χ1n) is 35.7. The molecule has 0 aliphatic heterocycles. The molecule has 0 aromatic heterocycles. The van der Waals surface area contributed by atoms with Crippen LogP contribution >= 0.6 is 0 Å². The number of halogens is 6. The van der Waals surface area contributed by atoms with E-state index in [9.17, 15) is 26.3 Å². The minimum absolute atomic E-state index is 0.214. The second-order valence-corrected chi connectivity index (χ2v) is 30.3. The van der Waals surface area contributed by atoms with Crippen LogP contribution in [-0.4, -0.2) is 0 Å². The van der Waals surface area contributed by atoms with Gasteiger partial charge in [0.25, 0.3) is 0 Å². The van der Waals surface area contributed by atoms with E-state index in [0.717, 1.165) is 109 Å². The quantitative estimate of drug-likeness (QED) is 0.143. The molecule has 0 heterocycles. The van der Waals surface area contributed by atoms with Gasteiger partial charge in [-0.25, -0.2) is 26.3 Å². The molecule has 0 N–H and O–H groups in total. The Kier molecular flexibility index (Phi) is 26.7. The van der Waals surface area contributed by atoms with E-state index in [4.69, 9.17) is 0 Å². The third-order valence-electron chi connectivity index (χ3n) is 23.3. The van der Waals surface area contributed by atoms with E-state index in [0.29, 0.717) is 39.3 Å². The maximum Gasteiger partial charge on any atom is 0.166 e. The Morgan fingerprint density at radius 1 is 0.239 bits per heavy atom. The van der Waals surface area contributed by atoms with Gasteiger partial charge in [-0.3, -0.25) is 0 Å². The third-order valence-corrected chi connectivity index (χ3v) is 23.3. The van der Waals surface area contributed by atoms with Crippen molar-refractivity contribution in [2.75, 3.05) is 0 Å². The molecule has 0 radical (unpaired) electrons. The average molecular weight is 1210 g/mol. The summed E-state index contributed by atoms with van der Waals surface area (Å²) in [5.41, 5.74) is 7.67. The Hall–Kier alpha value is -4.32. The summed E-state index contributed by atoms with van der Waals surface area (Å²) in [5.74, 6) is 7.23. The van der Waals surface area contributed by atoms with Gasteiger partial charge in [-0.2, -0.15) is 0 Å². The number of hydrogen-bond donors (Lipinski definition) is 0. The molecule has 7 fully saturated rings. The van der Waals surface area contributed by atoms with Crippen LogP contribution in [0.4, 0.5) is 26.3 Å². The van der Waals surface area contributed by atoms with Crippen molar-refractivity contribution in [2.24, 2.45) is 59.2 Å². The maximum absolute atomic E-state index is 14.2. The summed E-state index contributed by atoms with van der Waals surface area (Å²) in [7, 11) is 0. The lowest BCUT2D eigenvalue weighted by Gasteiger charge is -2.37. The molecular weight excluding hydrogens is 1100 g/mol. The van der Waals surface area contributed by atoms with Crippen molar-refractivity contribution in [3.05, 3.63) is 164 Å². The van der Waals surface area contributed by atoms with Crippen molar-refractivity contribution in [2.45, 2.75) is 273 Å². The minimum Gasteiger partial charge on any atom is -0.203 e. The van der Waals surface area contributed by atoms with Crippen LogP contribution in [0.25, 0.3) is 11.1 Å². The van der Waals surface area contributed by atoms with Gasteiger partial charge < -0.3 is 0 Å². The van der Waals surface area contributed by atoms with Gasteiger partial charge in [0.05, 0.1) is 0 Å². The minimum atomic E-state index is -0.751. The van der Waals surface area contributed by atoms with E-state index in [1.807, 2.05) is 12.1 Å². The van der Waals surface area contributed by atoms with E-state index in [1.54, 1.807) is 88.4 Å². The summed E-state index contributed by atoms with van der Waals surface area (Å²) < 4.78 is 82.9. The van der Waals surface area contributed by atoms with E-state index < -0.39 is 34.9 Å². The summed E-state index contributed by atoms with van der Waals surface area (Å²) in [6.07, 6.45) is 37.0. The molecule has 0 amide bonds. The SMILES string of the molecule is CC1CCC(C2CCC(C)CC2)CC1.Cc1ccc(-c2ccc(C3CCC(C)CC3)cc2)c(F)c1F.Cc1ccc(C2CCC(C)CC2)c(F)c1F.Cc1ccc(C2CCC(C)CC2)cc1.Cc1ccc(C2CCC(C3CCC(C)CC3)CC2)c(F)c1F. The zero-order valence-corrected chi connectivity index (χ0v) is 56.2. The molecule has 0 bridgehead atoms. The molecular formula is C82H114F6. The average Bonchev–Trinajstić information content (AvgIpc) is 1.94. The number of rotatable bonds is 7. The molecule has 484 valence electrons. The van der Waals surface area contributed by atoms with Crippen LogP contribution in [0.3, 0.4) is 0 Å². The second kappa shape index (κ2) is 33.8. The summed E-state index contributed by atoms with van der Waals surface area (Å²) in [4.78, 5) is 0. The van der Waals surface area contributed by atoms with Crippen molar-refractivity contribution in [3.8, 4) is 11.1 Å². The lowest BCUT2D eigenvalue weighted by atomic mass is 9.68. The van der Waals surface area contributed by atoms with Crippen LogP contribution in [0.1, 0.15) is 290 Å². The second-order valence-electron chi connectivity index (χ2n) is 30.3. The highest BCUT2D eigenvalue weighted by Gasteiger charge is 2.33. The number of benzene rings is 5. The normalized spacial score (nSPS) is 29.9. The van der Waals surface area contributed by atoms with Crippen molar-refractivity contribution < 1.29 is 26.3 Å². The van der Waals surface area contributed by atoms with Crippen LogP contribution in [0.2, 0.25) is 0 Å². The van der Waals surface area contributed by atoms with E-state index in [2.05, 4.69) is 84.9 Å². The first-order chi connectivity index (χ1) is 42.2. The fourth-order valence-corrected chi connectivity index (χ4v) is 16.5. The van der Waals surface area contributed by atoms with Gasteiger partial charge in [-0.1, -0.05) is 209 Å². The van der Waals surface area contributed by atoms with Gasteiger partial charge in [-0.15, -0.1) is 0 Å². The van der Waals surface area contributed by atoms with Gasteiger partial charge >= 0.3 is 0 Å². The van der Waals surface area contributed by atoms with Crippen LogP contribution in [0, 0.1) is 122 Å². The highest BCUT2D eigenvalue weighted by atomic mass is 19.2. The van der Waals surface area contributed by atoms with Crippen molar-refractivity contribution in [3.63, 3.8) is 0 Å². The first kappa shape index (κ1) is 69.6. The topological polar surface area (TPSA) is 0 Å². The number of hydrogen-bond acceptors (Lipinski definition) is 0. The molecule has 0 atom stereocenters. The van der Waals surface area contributed by atoms with Crippen molar-refractivity contribution >= 4 is 0 Å². The molecule has 7 aliphatic carbocycles. The monoisotopic (exact) mass is 1210 g/mol. The van der Waals surface area contributed by atoms with Gasteiger partial charge in [-0.05, 0) is 258 Å². The summed E-state index contributed by atoms with van der Waals surface area (Å²) in [6, 6.07) is 27.4. The Bertz CT molecular complexity index is 2830. The van der Waals surface area contributed by atoms with E-state index in [1.165, 1.54) is 127 Å². The van der Waals surface area contributed by atoms with Crippen LogP contribution in [0.5, 0.6) is 0 Å². The predicted octanol–water partition coefficient (Wildman–Crippen LogP) is 26.1. The lowest BCUT2D eigenvalue weighted by molar-refractivity contribution is 0.155. The van der Waals surface area contributed by atoms with Gasteiger partial charge in [0.2, 0.25) is 0 Å². The molecule has 0 unspecified atom stereocenters. The lowest BCUT2D eigenvalue weighted by Crippen LogP contribution is -2.25. The summed E-state index contributed by atoms with van der Waals surface area (Å²) in [6.45, 7) is 21.1. The molecule has 6 heteroatoms. The molecule has 7 aliphatic rings. The molecule has 5 aromatic rings. The highest BCUT2D eigenvalue weighted by Crippen LogP contribution is 2.46. The highest BCUT2D eigenvalue weighted by molar-refractivity contribution is 5.65. The first-order valence-corrected chi connectivity index (χ1v) is 35.7. The smallest absolute Gasteiger partial charge is 0.166 e. The largest absolute Gasteiger partial charge is 0.203 e. The van der Waals surface area contributed by atoms with Crippen LogP contribution in [0.15, 0.2) is 84.9 Å². The fraction of sp³-hybridized carbons (Fsp3) is 0.634. The van der Waals surface area contributed by atoms with Gasteiger partial charge in [0.1, 0.15) is 0 Å². The standard InChI is InChI=1S/C20H28F2.C20H22F2.C14H18F2.C14H26.C14H20/c2*1-13-3-6-15(7-4-13)16-8-10-17(11-9-16)18-12-5-14(2)19(21)20(18)22;1-9-3-6-11(7-4-9)12-8-5-10(2)13(15)14(12)16;2*1-11-3-7-13(8-4-11)14-9-5-12(2)6-10-14/h5,12-13,15-17H,3-4,6-11H2,1-2H3;5,8-13,15H,3-4,6-7H2,1-2H3;5,8-9,11H,3-4,6-7H2,1-2H3;11-14H,3-10H2,1-2H3;3-4,7-8,12,14H,5-6,9-10H2,1-2H3. The Morgan fingerprint density at radius 2 is 0.489 bits per heavy atom. The summed E-state index contributed by atoms with van der Waals surface area (Å²) in [5, 5.41) is 0. The number of aryl methyl sites for hydroxylation is 4. The Morgan fingerprint density at radius 3 is 0.818 bits per heavy atom. The van der Waals surface area contributed by atoms with E-state index >= 15 is 0 Å². The molecule has 0 spiro atoms. The Labute approximate surface area is 531 Å².